The number of rotatable bonds is 2. The Hall–Kier alpha value is -1.95. The lowest BCUT2D eigenvalue weighted by atomic mass is 10.1. The number of primary amides is 1. The topological polar surface area (TPSA) is 94.9 Å². The van der Waals surface area contributed by atoms with Crippen LogP contribution in [0.3, 0.4) is 0 Å². The van der Waals surface area contributed by atoms with Crippen LogP contribution in [-0.4, -0.2) is 15.9 Å². The van der Waals surface area contributed by atoms with Gasteiger partial charge in [-0.15, -0.1) is 0 Å². The second-order valence-corrected chi connectivity index (χ2v) is 5.08. The van der Waals surface area contributed by atoms with Crippen molar-refractivity contribution in [1.29, 1.82) is 0 Å². The number of carbonyl (C=O) groups is 1. The van der Waals surface area contributed by atoms with Gasteiger partial charge in [-0.3, -0.25) is 4.79 Å². The van der Waals surface area contributed by atoms with Crippen LogP contribution in [-0.2, 0) is 0 Å². The van der Waals surface area contributed by atoms with Crippen LogP contribution >= 0.6 is 15.9 Å². The number of benzene rings is 1. The van der Waals surface area contributed by atoms with Crippen LogP contribution in [0.4, 0.5) is 5.82 Å². The summed E-state index contributed by atoms with van der Waals surface area (Å²) in [5, 5.41) is 0. The van der Waals surface area contributed by atoms with Crippen LogP contribution in [0.1, 0.15) is 21.6 Å². The van der Waals surface area contributed by atoms with Gasteiger partial charge in [0, 0.05) is 10.0 Å². The quantitative estimate of drug-likeness (QED) is 0.886. The Balaban J connectivity index is 2.58. The molecule has 6 heteroatoms. The molecule has 0 aliphatic rings. The van der Waals surface area contributed by atoms with E-state index in [9.17, 15) is 4.79 Å². The number of aryl methyl sites for hydroxylation is 2. The van der Waals surface area contributed by atoms with E-state index in [0.29, 0.717) is 11.5 Å². The average molecular weight is 321 g/mol. The molecule has 1 heterocycles. The molecule has 19 heavy (non-hydrogen) atoms. The first-order valence-corrected chi connectivity index (χ1v) is 6.40. The molecule has 2 rings (SSSR count). The summed E-state index contributed by atoms with van der Waals surface area (Å²) in [4.78, 5) is 19.7. The first kappa shape index (κ1) is 13.5. The predicted octanol–water partition coefficient (Wildman–Crippen LogP) is 2.20. The molecule has 0 aliphatic heterocycles. The Labute approximate surface area is 119 Å². The Morgan fingerprint density at radius 2 is 1.95 bits per heavy atom. The molecular formula is C13H13BrN4O. The third-order valence-corrected chi connectivity index (χ3v) is 3.65. The number of hydrogen-bond donors (Lipinski definition) is 2. The van der Waals surface area contributed by atoms with Crippen LogP contribution in [0, 0.1) is 13.8 Å². The van der Waals surface area contributed by atoms with Crippen LogP contribution < -0.4 is 11.5 Å². The third kappa shape index (κ3) is 2.58. The van der Waals surface area contributed by atoms with Crippen LogP contribution in [0.25, 0.3) is 11.4 Å². The van der Waals surface area contributed by atoms with Gasteiger partial charge in [0.1, 0.15) is 11.4 Å². The normalized spacial score (nSPS) is 10.5. The standard InChI is InChI=1S/C13H13BrN4O/c1-6-3-4-8(5-9(6)14)13-17-7(2)10(12(16)19)11(15)18-13/h3-5H,1-2H3,(H2,16,19)(H2,15,17,18). The van der Waals surface area contributed by atoms with E-state index in [0.717, 1.165) is 15.6 Å². The van der Waals surface area contributed by atoms with E-state index in [1.807, 2.05) is 25.1 Å². The molecule has 1 amide bonds. The molecular weight excluding hydrogens is 308 g/mol. The Morgan fingerprint density at radius 3 is 2.47 bits per heavy atom. The fourth-order valence-electron chi connectivity index (χ4n) is 1.76. The highest BCUT2D eigenvalue weighted by atomic mass is 79.9. The lowest BCUT2D eigenvalue weighted by Crippen LogP contribution is -2.17. The summed E-state index contributed by atoms with van der Waals surface area (Å²) in [6.45, 7) is 3.68. The van der Waals surface area contributed by atoms with Gasteiger partial charge in [0.2, 0.25) is 0 Å². The van der Waals surface area contributed by atoms with Gasteiger partial charge in [0.25, 0.3) is 5.91 Å². The van der Waals surface area contributed by atoms with Crippen molar-refractivity contribution in [2.24, 2.45) is 5.73 Å². The lowest BCUT2D eigenvalue weighted by molar-refractivity contribution is 0.1000. The summed E-state index contributed by atoms with van der Waals surface area (Å²) in [5.41, 5.74) is 13.6. The van der Waals surface area contributed by atoms with Gasteiger partial charge in [-0.25, -0.2) is 9.97 Å². The summed E-state index contributed by atoms with van der Waals surface area (Å²) in [7, 11) is 0. The van der Waals surface area contributed by atoms with Gasteiger partial charge in [-0.1, -0.05) is 28.1 Å². The molecule has 98 valence electrons. The van der Waals surface area contributed by atoms with E-state index in [4.69, 9.17) is 11.5 Å². The zero-order chi connectivity index (χ0) is 14.2. The van der Waals surface area contributed by atoms with Crippen molar-refractivity contribution < 1.29 is 4.79 Å². The molecule has 0 radical (unpaired) electrons. The van der Waals surface area contributed by atoms with E-state index in [1.165, 1.54) is 0 Å². The molecule has 0 unspecified atom stereocenters. The van der Waals surface area contributed by atoms with Gasteiger partial charge in [-0.05, 0) is 25.5 Å². The van der Waals surface area contributed by atoms with Crippen molar-refractivity contribution in [3.63, 3.8) is 0 Å². The van der Waals surface area contributed by atoms with Crippen molar-refractivity contribution >= 4 is 27.7 Å². The fraction of sp³-hybridized carbons (Fsp3) is 0.154. The van der Waals surface area contributed by atoms with Gasteiger partial charge in [0.15, 0.2) is 5.82 Å². The zero-order valence-corrected chi connectivity index (χ0v) is 12.2. The van der Waals surface area contributed by atoms with Gasteiger partial charge in [0.05, 0.1) is 5.69 Å². The van der Waals surface area contributed by atoms with Crippen molar-refractivity contribution in [2.45, 2.75) is 13.8 Å². The summed E-state index contributed by atoms with van der Waals surface area (Å²) in [6, 6.07) is 5.77. The fourth-order valence-corrected chi connectivity index (χ4v) is 2.14. The molecule has 0 fully saturated rings. The van der Waals surface area contributed by atoms with Crippen molar-refractivity contribution in [3.8, 4) is 11.4 Å². The van der Waals surface area contributed by atoms with Crippen LogP contribution in [0.2, 0.25) is 0 Å². The smallest absolute Gasteiger partial charge is 0.254 e. The summed E-state index contributed by atoms with van der Waals surface area (Å²) in [5.74, 6) is -0.0426. The molecule has 0 saturated heterocycles. The summed E-state index contributed by atoms with van der Waals surface area (Å²) >= 11 is 3.46. The molecule has 0 bridgehead atoms. The number of halogens is 1. The van der Waals surface area contributed by atoms with Gasteiger partial charge in [-0.2, -0.15) is 0 Å². The number of aromatic nitrogens is 2. The van der Waals surface area contributed by atoms with Crippen LogP contribution in [0.15, 0.2) is 22.7 Å². The molecule has 2 aromatic rings. The van der Waals surface area contributed by atoms with E-state index >= 15 is 0 Å². The second-order valence-electron chi connectivity index (χ2n) is 4.22. The maximum atomic E-state index is 11.2. The Morgan fingerprint density at radius 1 is 1.26 bits per heavy atom. The number of anilines is 1. The lowest BCUT2D eigenvalue weighted by Gasteiger charge is -2.08. The number of amides is 1. The molecule has 5 nitrogen and oxygen atoms in total. The highest BCUT2D eigenvalue weighted by molar-refractivity contribution is 9.10. The average Bonchev–Trinajstić information content (AvgIpc) is 2.31. The van der Waals surface area contributed by atoms with Crippen LogP contribution in [0.5, 0.6) is 0 Å². The molecule has 1 aromatic heterocycles. The Bertz CT molecular complexity index is 647. The third-order valence-electron chi connectivity index (χ3n) is 2.79. The molecule has 4 N–H and O–H groups in total. The number of hydrogen-bond acceptors (Lipinski definition) is 4. The largest absolute Gasteiger partial charge is 0.383 e. The van der Waals surface area contributed by atoms with Gasteiger partial charge >= 0.3 is 0 Å². The molecule has 1 aromatic carbocycles. The predicted molar refractivity (Wildman–Crippen MR) is 77.6 cm³/mol. The first-order chi connectivity index (χ1) is 8.90. The van der Waals surface area contributed by atoms with Crippen molar-refractivity contribution in [1.82, 2.24) is 9.97 Å². The maximum Gasteiger partial charge on any atom is 0.254 e. The Kier molecular flexibility index (Phi) is 3.53. The number of carbonyl (C=O) groups excluding carboxylic acids is 1. The molecule has 0 aliphatic carbocycles. The first-order valence-electron chi connectivity index (χ1n) is 5.60. The minimum Gasteiger partial charge on any atom is -0.383 e. The van der Waals surface area contributed by atoms with Gasteiger partial charge < -0.3 is 11.5 Å². The summed E-state index contributed by atoms with van der Waals surface area (Å²) in [6.07, 6.45) is 0. The highest BCUT2D eigenvalue weighted by Crippen LogP contribution is 2.25. The van der Waals surface area contributed by atoms with E-state index < -0.39 is 5.91 Å². The van der Waals surface area contributed by atoms with Crippen molar-refractivity contribution in [2.75, 3.05) is 5.73 Å². The minimum atomic E-state index is -0.619. The zero-order valence-electron chi connectivity index (χ0n) is 10.6. The monoisotopic (exact) mass is 320 g/mol. The maximum absolute atomic E-state index is 11.2. The molecule has 0 atom stereocenters. The highest BCUT2D eigenvalue weighted by Gasteiger charge is 2.15. The second kappa shape index (κ2) is 4.97. The van der Waals surface area contributed by atoms with Crippen molar-refractivity contribution in [3.05, 3.63) is 39.5 Å². The number of nitrogens with zero attached hydrogens (tertiary/aromatic N) is 2. The number of nitrogen functional groups attached to an aromatic ring is 1. The molecule has 0 saturated carbocycles. The SMILES string of the molecule is Cc1ccc(-c2nc(C)c(C(N)=O)c(N)n2)cc1Br. The minimum absolute atomic E-state index is 0.103. The number of nitrogens with two attached hydrogens (primary N) is 2. The molecule has 0 spiro atoms. The van der Waals surface area contributed by atoms with E-state index in [1.54, 1.807) is 6.92 Å². The van der Waals surface area contributed by atoms with E-state index in [2.05, 4.69) is 25.9 Å². The van der Waals surface area contributed by atoms with E-state index in [-0.39, 0.29) is 11.4 Å². The summed E-state index contributed by atoms with van der Waals surface area (Å²) < 4.78 is 0.962.